The highest BCUT2D eigenvalue weighted by Crippen LogP contribution is 2.25. The number of ether oxygens (including phenoxy) is 2. The van der Waals surface area contributed by atoms with Crippen LogP contribution < -0.4 is 4.74 Å². The standard InChI is InChI=1S/C11H13BrClNO3/c1-3-7(11(15)16-4-2)17-8-5-6-9(12)14-10(8)13/h5-7H,3-4H2,1-2H3. The van der Waals surface area contributed by atoms with E-state index in [0.717, 1.165) is 0 Å². The van der Waals surface area contributed by atoms with Crippen molar-refractivity contribution in [2.24, 2.45) is 0 Å². The van der Waals surface area contributed by atoms with Gasteiger partial charge in [-0.3, -0.25) is 0 Å². The van der Waals surface area contributed by atoms with Crippen molar-refractivity contribution in [3.05, 3.63) is 21.9 Å². The number of nitrogens with zero attached hydrogens (tertiary/aromatic N) is 1. The van der Waals surface area contributed by atoms with E-state index < -0.39 is 12.1 Å². The van der Waals surface area contributed by atoms with Crippen molar-refractivity contribution >= 4 is 33.5 Å². The smallest absolute Gasteiger partial charge is 0.347 e. The van der Waals surface area contributed by atoms with Crippen LogP contribution in [0.4, 0.5) is 0 Å². The molecule has 0 N–H and O–H groups in total. The molecule has 1 rings (SSSR count). The Bertz CT molecular complexity index is 400. The van der Waals surface area contributed by atoms with Gasteiger partial charge in [-0.2, -0.15) is 0 Å². The maximum absolute atomic E-state index is 11.5. The Balaban J connectivity index is 2.77. The lowest BCUT2D eigenvalue weighted by atomic mass is 10.3. The molecule has 0 spiro atoms. The topological polar surface area (TPSA) is 48.4 Å². The van der Waals surface area contributed by atoms with Gasteiger partial charge in [0.25, 0.3) is 0 Å². The molecule has 0 saturated heterocycles. The largest absolute Gasteiger partial charge is 0.476 e. The molecule has 1 aromatic heterocycles. The third-order valence-electron chi connectivity index (χ3n) is 1.97. The molecule has 0 aliphatic carbocycles. The summed E-state index contributed by atoms with van der Waals surface area (Å²) in [6, 6.07) is 3.35. The first-order valence-corrected chi connectivity index (χ1v) is 6.40. The summed E-state index contributed by atoms with van der Waals surface area (Å²) in [5.74, 6) is -0.0243. The molecule has 1 unspecified atom stereocenters. The van der Waals surface area contributed by atoms with Gasteiger partial charge in [-0.05, 0) is 41.4 Å². The van der Waals surface area contributed by atoms with Crippen LogP contribution in [0.1, 0.15) is 20.3 Å². The highest BCUT2D eigenvalue weighted by molar-refractivity contribution is 9.10. The zero-order valence-corrected chi connectivity index (χ0v) is 11.9. The Kier molecular flexibility index (Phi) is 5.71. The molecule has 0 radical (unpaired) electrons. The van der Waals surface area contributed by atoms with Crippen molar-refractivity contribution in [3.63, 3.8) is 0 Å². The molecule has 0 aliphatic rings. The lowest BCUT2D eigenvalue weighted by Crippen LogP contribution is -2.28. The minimum absolute atomic E-state index is 0.210. The summed E-state index contributed by atoms with van der Waals surface area (Å²) in [5.41, 5.74) is 0. The third kappa shape index (κ3) is 4.16. The van der Waals surface area contributed by atoms with Crippen molar-refractivity contribution in [1.29, 1.82) is 0 Å². The molecule has 1 aromatic rings. The van der Waals surface area contributed by atoms with Crippen molar-refractivity contribution in [1.82, 2.24) is 4.98 Å². The van der Waals surface area contributed by atoms with Crippen LogP contribution >= 0.6 is 27.5 Å². The molecular formula is C11H13BrClNO3. The maximum Gasteiger partial charge on any atom is 0.347 e. The number of esters is 1. The molecule has 0 aliphatic heterocycles. The summed E-state index contributed by atoms with van der Waals surface area (Å²) in [4.78, 5) is 15.5. The fourth-order valence-electron chi connectivity index (χ4n) is 1.17. The number of carbonyl (C=O) groups excluding carboxylic acids is 1. The van der Waals surface area contributed by atoms with Gasteiger partial charge >= 0.3 is 5.97 Å². The normalized spacial score (nSPS) is 12.0. The molecule has 6 heteroatoms. The second kappa shape index (κ2) is 6.81. The van der Waals surface area contributed by atoms with Gasteiger partial charge in [0.05, 0.1) is 6.61 Å². The average molecular weight is 323 g/mol. The molecule has 17 heavy (non-hydrogen) atoms. The van der Waals surface area contributed by atoms with Crippen LogP contribution in [0.5, 0.6) is 5.75 Å². The van der Waals surface area contributed by atoms with Gasteiger partial charge in [-0.25, -0.2) is 9.78 Å². The minimum atomic E-state index is -0.657. The van der Waals surface area contributed by atoms with E-state index in [1.807, 2.05) is 6.92 Å². The van der Waals surface area contributed by atoms with Gasteiger partial charge < -0.3 is 9.47 Å². The first kappa shape index (κ1) is 14.3. The third-order valence-corrected chi connectivity index (χ3v) is 2.68. The SMILES string of the molecule is CCOC(=O)C(CC)Oc1ccc(Br)nc1Cl. The van der Waals surface area contributed by atoms with Gasteiger partial charge in [0.2, 0.25) is 0 Å². The summed E-state index contributed by atoms with van der Waals surface area (Å²) in [6.07, 6.45) is -0.152. The number of aromatic nitrogens is 1. The number of hydrogen-bond donors (Lipinski definition) is 0. The lowest BCUT2D eigenvalue weighted by molar-refractivity contribution is -0.151. The van der Waals surface area contributed by atoms with Gasteiger partial charge in [-0.1, -0.05) is 18.5 Å². The number of rotatable bonds is 5. The van der Waals surface area contributed by atoms with Gasteiger partial charge in [-0.15, -0.1) is 0 Å². The summed E-state index contributed by atoms with van der Waals surface area (Å²) in [7, 11) is 0. The molecular weight excluding hydrogens is 309 g/mol. The first-order chi connectivity index (χ1) is 8.08. The van der Waals surface area contributed by atoms with Crippen LogP contribution in [0, 0.1) is 0 Å². The van der Waals surface area contributed by atoms with Crippen molar-refractivity contribution in [2.75, 3.05) is 6.61 Å². The molecule has 0 bridgehead atoms. The Morgan fingerprint density at radius 2 is 2.24 bits per heavy atom. The lowest BCUT2D eigenvalue weighted by Gasteiger charge is -2.16. The van der Waals surface area contributed by atoms with Crippen LogP contribution in [0.2, 0.25) is 5.15 Å². The van der Waals surface area contributed by atoms with Gasteiger partial charge in [0, 0.05) is 0 Å². The molecule has 1 heterocycles. The highest BCUT2D eigenvalue weighted by Gasteiger charge is 2.20. The van der Waals surface area contributed by atoms with E-state index in [0.29, 0.717) is 23.4 Å². The zero-order valence-electron chi connectivity index (χ0n) is 9.57. The quantitative estimate of drug-likeness (QED) is 0.617. The Morgan fingerprint density at radius 1 is 1.53 bits per heavy atom. The Labute approximate surface area is 113 Å². The minimum Gasteiger partial charge on any atom is -0.476 e. The fraction of sp³-hybridized carbons (Fsp3) is 0.455. The molecule has 0 amide bonds. The van der Waals surface area contributed by atoms with E-state index in [4.69, 9.17) is 21.1 Å². The zero-order chi connectivity index (χ0) is 12.8. The molecule has 1 atom stereocenters. The number of halogens is 2. The molecule has 94 valence electrons. The van der Waals surface area contributed by atoms with Crippen LogP contribution in [-0.4, -0.2) is 23.7 Å². The number of hydrogen-bond acceptors (Lipinski definition) is 4. The molecule has 0 aromatic carbocycles. The Morgan fingerprint density at radius 3 is 2.76 bits per heavy atom. The van der Waals surface area contributed by atoms with E-state index in [9.17, 15) is 4.79 Å². The molecule has 0 fully saturated rings. The van der Waals surface area contributed by atoms with E-state index in [-0.39, 0.29) is 5.15 Å². The molecule has 0 saturated carbocycles. The molecule has 4 nitrogen and oxygen atoms in total. The summed E-state index contributed by atoms with van der Waals surface area (Å²) < 4.78 is 11.0. The number of pyridine rings is 1. The van der Waals surface area contributed by atoms with E-state index >= 15 is 0 Å². The van der Waals surface area contributed by atoms with E-state index in [1.165, 1.54) is 0 Å². The predicted molar refractivity (Wildman–Crippen MR) is 68.3 cm³/mol. The van der Waals surface area contributed by atoms with Gasteiger partial charge in [0.1, 0.15) is 4.60 Å². The van der Waals surface area contributed by atoms with E-state index in [2.05, 4.69) is 20.9 Å². The second-order valence-electron chi connectivity index (χ2n) is 3.19. The monoisotopic (exact) mass is 321 g/mol. The maximum atomic E-state index is 11.5. The first-order valence-electron chi connectivity index (χ1n) is 5.23. The average Bonchev–Trinajstić information content (AvgIpc) is 2.28. The predicted octanol–water partition coefficient (Wildman–Crippen LogP) is 3.22. The van der Waals surface area contributed by atoms with Crippen molar-refractivity contribution < 1.29 is 14.3 Å². The van der Waals surface area contributed by atoms with Crippen molar-refractivity contribution in [2.45, 2.75) is 26.4 Å². The van der Waals surface area contributed by atoms with Gasteiger partial charge in [0.15, 0.2) is 17.0 Å². The summed E-state index contributed by atoms with van der Waals surface area (Å²) >= 11 is 9.08. The second-order valence-corrected chi connectivity index (χ2v) is 4.36. The highest BCUT2D eigenvalue weighted by atomic mass is 79.9. The van der Waals surface area contributed by atoms with Crippen LogP contribution in [-0.2, 0) is 9.53 Å². The Hall–Kier alpha value is -0.810. The fourth-order valence-corrected chi connectivity index (χ4v) is 1.78. The summed E-state index contributed by atoms with van der Waals surface area (Å²) in [6.45, 7) is 3.91. The van der Waals surface area contributed by atoms with Crippen LogP contribution in [0.15, 0.2) is 16.7 Å². The van der Waals surface area contributed by atoms with E-state index in [1.54, 1.807) is 19.1 Å². The van der Waals surface area contributed by atoms with Crippen LogP contribution in [0.25, 0.3) is 0 Å². The summed E-state index contributed by atoms with van der Waals surface area (Å²) in [5, 5.41) is 0.210. The number of carbonyl (C=O) groups is 1. The van der Waals surface area contributed by atoms with Crippen molar-refractivity contribution in [3.8, 4) is 5.75 Å². The van der Waals surface area contributed by atoms with Crippen LogP contribution in [0.3, 0.4) is 0 Å².